The smallest absolute Gasteiger partial charge is 0.256 e. The zero-order valence-corrected chi connectivity index (χ0v) is 8.84. The maximum atomic E-state index is 11.8. The zero-order chi connectivity index (χ0) is 11.5. The van der Waals surface area contributed by atoms with Gasteiger partial charge in [-0.1, -0.05) is 18.2 Å². The van der Waals surface area contributed by atoms with Crippen molar-refractivity contribution in [2.75, 3.05) is 11.1 Å². The van der Waals surface area contributed by atoms with Crippen LogP contribution in [0.3, 0.4) is 0 Å². The number of carbonyl (C=O) groups excluding carboxylic acids is 1. The third-order valence-electron chi connectivity index (χ3n) is 2.13. The van der Waals surface area contributed by atoms with Crippen LogP contribution < -0.4 is 11.1 Å². The van der Waals surface area contributed by atoms with Crippen molar-refractivity contribution in [3.63, 3.8) is 0 Å². The fourth-order valence-corrected chi connectivity index (χ4v) is 1.37. The Balaban J connectivity index is 2.17. The van der Waals surface area contributed by atoms with E-state index in [-0.39, 0.29) is 5.91 Å². The van der Waals surface area contributed by atoms with E-state index < -0.39 is 0 Å². The number of aromatic nitrogens is 2. The van der Waals surface area contributed by atoms with E-state index in [0.717, 1.165) is 0 Å². The molecule has 1 aromatic carbocycles. The largest absolute Gasteiger partial charge is 0.394 e. The molecular formula is C11H12N4O. The summed E-state index contributed by atoms with van der Waals surface area (Å²) < 4.78 is 1.55. The minimum atomic E-state index is -0.217. The summed E-state index contributed by atoms with van der Waals surface area (Å²) in [5, 5.41) is 6.69. The number of hydrogen-bond donors (Lipinski definition) is 2. The predicted octanol–water partition coefficient (Wildman–Crippen LogP) is 1.25. The Kier molecular flexibility index (Phi) is 2.59. The lowest BCUT2D eigenvalue weighted by Gasteiger charge is -2.02. The van der Waals surface area contributed by atoms with Gasteiger partial charge < -0.3 is 11.1 Å². The average molecular weight is 216 g/mol. The van der Waals surface area contributed by atoms with Gasteiger partial charge in [-0.25, -0.2) is 0 Å². The van der Waals surface area contributed by atoms with E-state index in [4.69, 9.17) is 5.73 Å². The van der Waals surface area contributed by atoms with Crippen molar-refractivity contribution in [3.05, 3.63) is 42.1 Å². The lowest BCUT2D eigenvalue weighted by Crippen LogP contribution is -2.13. The lowest BCUT2D eigenvalue weighted by molar-refractivity contribution is 0.102. The van der Waals surface area contributed by atoms with Gasteiger partial charge in [-0.2, -0.15) is 5.10 Å². The fourth-order valence-electron chi connectivity index (χ4n) is 1.37. The Morgan fingerprint density at radius 1 is 1.38 bits per heavy atom. The highest BCUT2D eigenvalue weighted by atomic mass is 16.1. The van der Waals surface area contributed by atoms with Crippen LogP contribution in [-0.2, 0) is 7.05 Å². The van der Waals surface area contributed by atoms with Crippen molar-refractivity contribution in [1.82, 2.24) is 9.78 Å². The van der Waals surface area contributed by atoms with Gasteiger partial charge in [0.2, 0.25) is 0 Å². The second kappa shape index (κ2) is 4.06. The maximum absolute atomic E-state index is 11.8. The molecule has 5 heteroatoms. The van der Waals surface area contributed by atoms with Crippen molar-refractivity contribution in [2.24, 2.45) is 7.05 Å². The predicted molar refractivity (Wildman–Crippen MR) is 62.0 cm³/mol. The molecular weight excluding hydrogens is 204 g/mol. The highest BCUT2D eigenvalue weighted by Crippen LogP contribution is 2.15. The van der Waals surface area contributed by atoms with Gasteiger partial charge >= 0.3 is 0 Å². The first kappa shape index (κ1) is 10.2. The summed E-state index contributed by atoms with van der Waals surface area (Å²) in [4.78, 5) is 11.8. The molecule has 1 aromatic heterocycles. The molecule has 5 nitrogen and oxygen atoms in total. The molecule has 1 amide bonds. The molecule has 1 heterocycles. The van der Waals surface area contributed by atoms with Gasteiger partial charge in [-0.3, -0.25) is 9.48 Å². The minimum absolute atomic E-state index is 0.217. The number of carbonyl (C=O) groups is 1. The molecule has 0 unspecified atom stereocenters. The Bertz CT molecular complexity index is 504. The number of amides is 1. The summed E-state index contributed by atoms with van der Waals surface area (Å²) in [5.74, 6) is 0.169. The topological polar surface area (TPSA) is 72.9 Å². The van der Waals surface area contributed by atoms with E-state index in [1.165, 1.54) is 0 Å². The van der Waals surface area contributed by atoms with Gasteiger partial charge in [0.15, 0.2) is 5.82 Å². The molecule has 0 aliphatic rings. The standard InChI is InChI=1S/C11H12N4O/c1-15-7-9(12)10(14-15)13-11(16)8-5-3-2-4-6-8/h2-7H,12H2,1H3,(H,13,14,16). The number of aryl methyl sites for hydroxylation is 1. The van der Waals surface area contributed by atoms with Crippen LogP contribution in [0.25, 0.3) is 0 Å². The Labute approximate surface area is 92.9 Å². The number of rotatable bonds is 2. The van der Waals surface area contributed by atoms with E-state index in [0.29, 0.717) is 17.1 Å². The molecule has 0 spiro atoms. The van der Waals surface area contributed by atoms with Gasteiger partial charge in [0, 0.05) is 18.8 Å². The summed E-state index contributed by atoms with van der Waals surface area (Å²) >= 11 is 0. The first-order valence-corrected chi connectivity index (χ1v) is 4.82. The van der Waals surface area contributed by atoms with Crippen LogP contribution in [-0.4, -0.2) is 15.7 Å². The number of anilines is 2. The van der Waals surface area contributed by atoms with Gasteiger partial charge in [0.1, 0.15) is 0 Å². The lowest BCUT2D eigenvalue weighted by atomic mass is 10.2. The fraction of sp³-hybridized carbons (Fsp3) is 0.0909. The SMILES string of the molecule is Cn1cc(N)c(NC(=O)c2ccccc2)n1. The molecule has 0 aliphatic carbocycles. The van der Waals surface area contributed by atoms with Crippen molar-refractivity contribution in [3.8, 4) is 0 Å². The van der Waals surface area contributed by atoms with Gasteiger partial charge in [0.25, 0.3) is 5.91 Å². The quantitative estimate of drug-likeness (QED) is 0.793. The Morgan fingerprint density at radius 3 is 2.62 bits per heavy atom. The third kappa shape index (κ3) is 2.03. The summed E-state index contributed by atoms with van der Waals surface area (Å²) in [6, 6.07) is 8.92. The number of nitrogens with zero attached hydrogens (tertiary/aromatic N) is 2. The van der Waals surface area contributed by atoms with Gasteiger partial charge in [-0.05, 0) is 12.1 Å². The van der Waals surface area contributed by atoms with Crippen LogP contribution in [0.5, 0.6) is 0 Å². The summed E-state index contributed by atoms with van der Waals surface area (Å²) in [5.41, 5.74) is 6.70. The molecule has 2 aromatic rings. The molecule has 0 saturated carbocycles. The minimum Gasteiger partial charge on any atom is -0.394 e. The average Bonchev–Trinajstić information content (AvgIpc) is 2.59. The van der Waals surface area contributed by atoms with E-state index in [9.17, 15) is 4.79 Å². The molecule has 0 radical (unpaired) electrons. The highest BCUT2D eigenvalue weighted by Gasteiger charge is 2.09. The van der Waals surface area contributed by atoms with Crippen LogP contribution in [0.15, 0.2) is 36.5 Å². The molecule has 0 atom stereocenters. The van der Waals surface area contributed by atoms with Crippen molar-refractivity contribution in [2.45, 2.75) is 0 Å². The van der Waals surface area contributed by atoms with Crippen LogP contribution in [0.1, 0.15) is 10.4 Å². The highest BCUT2D eigenvalue weighted by molar-refractivity contribution is 6.04. The first-order valence-electron chi connectivity index (χ1n) is 4.82. The molecule has 0 saturated heterocycles. The van der Waals surface area contributed by atoms with E-state index >= 15 is 0 Å². The monoisotopic (exact) mass is 216 g/mol. The van der Waals surface area contributed by atoms with Crippen LogP contribution >= 0.6 is 0 Å². The second-order valence-corrected chi connectivity index (χ2v) is 3.43. The first-order chi connectivity index (χ1) is 7.66. The molecule has 0 aliphatic heterocycles. The number of hydrogen-bond acceptors (Lipinski definition) is 3. The van der Waals surface area contributed by atoms with E-state index in [1.807, 2.05) is 6.07 Å². The molecule has 2 rings (SSSR count). The normalized spacial score (nSPS) is 10.1. The number of nitrogen functional groups attached to an aromatic ring is 1. The van der Waals surface area contributed by atoms with Crippen LogP contribution in [0, 0.1) is 0 Å². The van der Waals surface area contributed by atoms with Gasteiger partial charge in [-0.15, -0.1) is 0 Å². The van der Waals surface area contributed by atoms with Crippen LogP contribution in [0.2, 0.25) is 0 Å². The number of benzene rings is 1. The van der Waals surface area contributed by atoms with Crippen molar-refractivity contribution in [1.29, 1.82) is 0 Å². The Morgan fingerprint density at radius 2 is 2.06 bits per heavy atom. The summed E-state index contributed by atoms with van der Waals surface area (Å²) in [6.07, 6.45) is 1.64. The Hall–Kier alpha value is -2.30. The third-order valence-corrected chi connectivity index (χ3v) is 2.13. The van der Waals surface area contributed by atoms with Crippen molar-refractivity contribution < 1.29 is 4.79 Å². The van der Waals surface area contributed by atoms with Crippen molar-refractivity contribution >= 4 is 17.4 Å². The molecule has 16 heavy (non-hydrogen) atoms. The van der Waals surface area contributed by atoms with E-state index in [1.54, 1.807) is 42.2 Å². The molecule has 0 bridgehead atoms. The second-order valence-electron chi connectivity index (χ2n) is 3.43. The summed E-state index contributed by atoms with van der Waals surface area (Å²) in [7, 11) is 1.74. The molecule has 3 N–H and O–H groups in total. The van der Waals surface area contributed by atoms with E-state index in [2.05, 4.69) is 10.4 Å². The number of nitrogens with one attached hydrogen (secondary N) is 1. The maximum Gasteiger partial charge on any atom is 0.256 e. The van der Waals surface area contributed by atoms with Gasteiger partial charge in [0.05, 0.1) is 5.69 Å². The zero-order valence-electron chi connectivity index (χ0n) is 8.84. The van der Waals surface area contributed by atoms with Crippen LogP contribution in [0.4, 0.5) is 11.5 Å². The summed E-state index contributed by atoms with van der Waals surface area (Å²) in [6.45, 7) is 0. The molecule has 0 fully saturated rings. The molecule has 82 valence electrons. The number of nitrogens with two attached hydrogens (primary N) is 1.